The fourth-order valence-electron chi connectivity index (χ4n) is 3.66. The summed E-state index contributed by atoms with van der Waals surface area (Å²) in [5.74, 6) is 0.414. The van der Waals surface area contributed by atoms with Crippen LogP contribution < -0.4 is 0 Å². The van der Waals surface area contributed by atoms with Gasteiger partial charge in [0.15, 0.2) is 0 Å². The SMILES string of the molecule is CCCCn1ccnc1C1CCCN(C(=O)c2ccccc2C(F)(F)F)C1. The topological polar surface area (TPSA) is 38.1 Å². The number of unbranched alkanes of at least 4 members (excludes halogenated alkanes) is 1. The van der Waals surface area contributed by atoms with E-state index in [1.807, 2.05) is 6.20 Å². The van der Waals surface area contributed by atoms with Gasteiger partial charge in [0, 0.05) is 37.9 Å². The molecule has 7 heteroatoms. The summed E-state index contributed by atoms with van der Waals surface area (Å²) in [5.41, 5.74) is -1.15. The van der Waals surface area contributed by atoms with E-state index >= 15 is 0 Å². The maximum atomic E-state index is 13.3. The smallest absolute Gasteiger partial charge is 0.338 e. The van der Waals surface area contributed by atoms with Gasteiger partial charge in [0.1, 0.15) is 5.82 Å². The number of likely N-dealkylation sites (tertiary alicyclic amines) is 1. The van der Waals surface area contributed by atoms with Gasteiger partial charge in [-0.1, -0.05) is 25.5 Å². The van der Waals surface area contributed by atoms with Gasteiger partial charge in [-0.3, -0.25) is 4.79 Å². The fourth-order valence-corrected chi connectivity index (χ4v) is 3.66. The van der Waals surface area contributed by atoms with E-state index in [9.17, 15) is 18.0 Å². The van der Waals surface area contributed by atoms with Gasteiger partial charge < -0.3 is 9.47 Å². The molecular formula is C20H24F3N3O. The molecule has 1 unspecified atom stereocenters. The molecule has 3 rings (SSSR count). The van der Waals surface area contributed by atoms with E-state index in [0.717, 1.165) is 44.1 Å². The predicted octanol–water partition coefficient (Wildman–Crippen LogP) is 4.72. The Hall–Kier alpha value is -2.31. The van der Waals surface area contributed by atoms with E-state index < -0.39 is 17.6 Å². The Kier molecular flexibility index (Phi) is 5.87. The largest absolute Gasteiger partial charge is 0.417 e. The number of carbonyl (C=O) groups excluding carboxylic acids is 1. The lowest BCUT2D eigenvalue weighted by Gasteiger charge is -2.33. The third kappa shape index (κ3) is 4.34. The number of aryl methyl sites for hydroxylation is 1. The zero-order chi connectivity index (χ0) is 19.4. The number of rotatable bonds is 5. The Balaban J connectivity index is 1.79. The Morgan fingerprint density at radius 2 is 2.07 bits per heavy atom. The van der Waals surface area contributed by atoms with Gasteiger partial charge in [0.25, 0.3) is 5.91 Å². The first-order valence-electron chi connectivity index (χ1n) is 9.38. The van der Waals surface area contributed by atoms with Crippen LogP contribution in [0.3, 0.4) is 0 Å². The van der Waals surface area contributed by atoms with E-state index in [2.05, 4.69) is 16.5 Å². The highest BCUT2D eigenvalue weighted by Crippen LogP contribution is 2.33. The number of nitrogens with zero attached hydrogens (tertiary/aromatic N) is 3. The summed E-state index contributed by atoms with van der Waals surface area (Å²) in [6.07, 6.45) is 2.89. The fraction of sp³-hybridized carbons (Fsp3) is 0.500. The summed E-state index contributed by atoms with van der Waals surface area (Å²) >= 11 is 0. The summed E-state index contributed by atoms with van der Waals surface area (Å²) in [7, 11) is 0. The maximum Gasteiger partial charge on any atom is 0.417 e. The Labute approximate surface area is 157 Å². The molecule has 27 heavy (non-hydrogen) atoms. The molecule has 1 aromatic carbocycles. The number of aromatic nitrogens is 2. The van der Waals surface area contributed by atoms with E-state index in [1.54, 1.807) is 6.20 Å². The first-order valence-corrected chi connectivity index (χ1v) is 9.38. The minimum atomic E-state index is -4.54. The Morgan fingerprint density at radius 3 is 2.81 bits per heavy atom. The van der Waals surface area contributed by atoms with E-state index in [-0.39, 0.29) is 11.5 Å². The molecule has 0 bridgehead atoms. The van der Waals surface area contributed by atoms with Crippen molar-refractivity contribution in [3.05, 3.63) is 53.6 Å². The molecule has 0 N–H and O–H groups in total. The van der Waals surface area contributed by atoms with Crippen LogP contribution in [0, 0.1) is 0 Å². The lowest BCUT2D eigenvalue weighted by atomic mass is 9.95. The number of piperidine rings is 1. The van der Waals surface area contributed by atoms with Gasteiger partial charge in [-0.05, 0) is 31.4 Å². The molecule has 1 aromatic heterocycles. The second kappa shape index (κ2) is 8.15. The molecule has 2 aromatic rings. The van der Waals surface area contributed by atoms with Crippen molar-refractivity contribution >= 4 is 5.91 Å². The molecule has 1 saturated heterocycles. The normalized spacial score (nSPS) is 17.9. The minimum Gasteiger partial charge on any atom is -0.338 e. The number of imidazole rings is 1. The standard InChI is InChI=1S/C20H24F3N3O/c1-2-3-11-25-13-10-24-18(25)15-7-6-12-26(14-15)19(27)16-8-4-5-9-17(16)20(21,22)23/h4-5,8-10,13,15H,2-3,6-7,11-12,14H2,1H3. The number of alkyl halides is 3. The second-order valence-electron chi connectivity index (χ2n) is 6.97. The molecule has 2 heterocycles. The number of hydrogen-bond donors (Lipinski definition) is 0. The van der Waals surface area contributed by atoms with Gasteiger partial charge in [-0.2, -0.15) is 13.2 Å². The lowest BCUT2D eigenvalue weighted by Crippen LogP contribution is -2.40. The molecular weight excluding hydrogens is 355 g/mol. The predicted molar refractivity (Wildman–Crippen MR) is 96.5 cm³/mol. The molecule has 4 nitrogen and oxygen atoms in total. The number of amides is 1. The van der Waals surface area contributed by atoms with Gasteiger partial charge >= 0.3 is 6.18 Å². The number of hydrogen-bond acceptors (Lipinski definition) is 2. The zero-order valence-electron chi connectivity index (χ0n) is 15.4. The summed E-state index contributed by atoms with van der Waals surface area (Å²) in [5, 5.41) is 0. The van der Waals surface area contributed by atoms with Gasteiger partial charge in [0.2, 0.25) is 0 Å². The van der Waals surface area contributed by atoms with Crippen LogP contribution in [0.25, 0.3) is 0 Å². The van der Waals surface area contributed by atoms with Crippen molar-refractivity contribution in [2.24, 2.45) is 0 Å². The summed E-state index contributed by atoms with van der Waals surface area (Å²) in [6.45, 7) is 3.86. The zero-order valence-corrected chi connectivity index (χ0v) is 15.4. The molecule has 1 aliphatic heterocycles. The molecule has 0 aliphatic carbocycles. The van der Waals surface area contributed by atoms with Crippen LogP contribution in [-0.4, -0.2) is 33.4 Å². The molecule has 1 atom stereocenters. The van der Waals surface area contributed by atoms with Crippen molar-refractivity contribution < 1.29 is 18.0 Å². The third-order valence-electron chi connectivity index (χ3n) is 5.04. The van der Waals surface area contributed by atoms with Crippen LogP contribution in [-0.2, 0) is 12.7 Å². The number of carbonyl (C=O) groups is 1. The maximum absolute atomic E-state index is 13.3. The van der Waals surface area contributed by atoms with Crippen molar-refractivity contribution in [2.45, 2.75) is 51.2 Å². The first-order chi connectivity index (χ1) is 12.9. The van der Waals surface area contributed by atoms with Crippen LogP contribution in [0.4, 0.5) is 13.2 Å². The van der Waals surface area contributed by atoms with Crippen LogP contribution in [0.2, 0.25) is 0 Å². The summed E-state index contributed by atoms with van der Waals surface area (Å²) in [6, 6.07) is 5.01. The second-order valence-corrected chi connectivity index (χ2v) is 6.97. The van der Waals surface area contributed by atoms with Crippen LogP contribution >= 0.6 is 0 Å². The highest BCUT2D eigenvalue weighted by atomic mass is 19.4. The van der Waals surface area contributed by atoms with Crippen LogP contribution in [0.5, 0.6) is 0 Å². The first kappa shape index (κ1) is 19.5. The average molecular weight is 379 g/mol. The van der Waals surface area contributed by atoms with Crippen molar-refractivity contribution in [3.63, 3.8) is 0 Å². The summed E-state index contributed by atoms with van der Waals surface area (Å²) < 4.78 is 41.9. The van der Waals surface area contributed by atoms with Gasteiger partial charge in [-0.25, -0.2) is 4.98 Å². The van der Waals surface area contributed by atoms with Gasteiger partial charge in [0.05, 0.1) is 11.1 Å². The quantitative estimate of drug-likeness (QED) is 0.754. The van der Waals surface area contributed by atoms with Crippen molar-refractivity contribution in [1.29, 1.82) is 0 Å². The van der Waals surface area contributed by atoms with E-state index in [1.165, 1.54) is 23.1 Å². The highest BCUT2D eigenvalue weighted by Gasteiger charge is 2.37. The lowest BCUT2D eigenvalue weighted by molar-refractivity contribution is -0.138. The van der Waals surface area contributed by atoms with E-state index in [0.29, 0.717) is 13.1 Å². The van der Waals surface area contributed by atoms with Crippen molar-refractivity contribution in [2.75, 3.05) is 13.1 Å². The Bertz CT molecular complexity index is 785. The number of halogens is 3. The molecule has 0 saturated carbocycles. The van der Waals surface area contributed by atoms with Gasteiger partial charge in [-0.15, -0.1) is 0 Å². The Morgan fingerprint density at radius 1 is 1.30 bits per heavy atom. The molecule has 1 fully saturated rings. The van der Waals surface area contributed by atoms with Crippen LogP contribution in [0.15, 0.2) is 36.7 Å². The average Bonchev–Trinajstić information content (AvgIpc) is 3.14. The third-order valence-corrected chi connectivity index (χ3v) is 5.04. The molecule has 146 valence electrons. The summed E-state index contributed by atoms with van der Waals surface area (Å²) in [4.78, 5) is 18.8. The molecule has 1 aliphatic rings. The molecule has 1 amide bonds. The number of benzene rings is 1. The van der Waals surface area contributed by atoms with E-state index in [4.69, 9.17) is 0 Å². The van der Waals surface area contributed by atoms with Crippen molar-refractivity contribution in [1.82, 2.24) is 14.5 Å². The minimum absolute atomic E-state index is 0.0487. The van der Waals surface area contributed by atoms with Crippen molar-refractivity contribution in [3.8, 4) is 0 Å². The molecule has 0 spiro atoms. The highest BCUT2D eigenvalue weighted by molar-refractivity contribution is 5.96. The van der Waals surface area contributed by atoms with Crippen LogP contribution in [0.1, 0.15) is 60.3 Å². The monoisotopic (exact) mass is 379 g/mol. The molecule has 0 radical (unpaired) electrons.